The molecule has 1 aliphatic rings. The van der Waals surface area contributed by atoms with E-state index in [9.17, 15) is 22.4 Å². The smallest absolute Gasteiger partial charge is 0.356 e. The third-order valence-corrected chi connectivity index (χ3v) is 4.70. The van der Waals surface area contributed by atoms with Crippen LogP contribution in [0.1, 0.15) is 27.2 Å². The summed E-state index contributed by atoms with van der Waals surface area (Å²) in [6.07, 6.45) is -4.23. The first kappa shape index (κ1) is 18.2. The molecule has 0 unspecified atom stereocenters. The molecule has 0 spiro atoms. The molecular weight excluding hydrogens is 376 g/mol. The average molecular weight is 390 g/mol. The van der Waals surface area contributed by atoms with Gasteiger partial charge in [-0.25, -0.2) is 4.39 Å². The molecule has 0 saturated carbocycles. The van der Waals surface area contributed by atoms with Crippen molar-refractivity contribution in [1.29, 1.82) is 0 Å². The number of benzene rings is 2. The van der Waals surface area contributed by atoms with Gasteiger partial charge in [0.15, 0.2) is 5.76 Å². The predicted octanol–water partition coefficient (Wildman–Crippen LogP) is 4.70. The van der Waals surface area contributed by atoms with E-state index in [1.807, 2.05) is 0 Å². The third kappa shape index (κ3) is 3.26. The minimum atomic E-state index is -4.61. The Morgan fingerprint density at radius 2 is 1.79 bits per heavy atom. The Balaban J connectivity index is 1.61. The molecule has 0 bridgehead atoms. The van der Waals surface area contributed by atoms with Crippen molar-refractivity contribution in [3.05, 3.63) is 76.7 Å². The van der Waals surface area contributed by atoms with E-state index in [1.54, 1.807) is 12.1 Å². The maximum atomic E-state index is 13.2. The number of hydrogen-bond acceptors (Lipinski definition) is 3. The van der Waals surface area contributed by atoms with Gasteiger partial charge in [0, 0.05) is 17.7 Å². The second kappa shape index (κ2) is 6.78. The van der Waals surface area contributed by atoms with Crippen molar-refractivity contribution in [3.8, 4) is 11.3 Å². The van der Waals surface area contributed by atoms with Gasteiger partial charge < -0.3 is 9.42 Å². The first-order valence-electron chi connectivity index (χ1n) is 8.53. The molecule has 0 saturated heterocycles. The summed E-state index contributed by atoms with van der Waals surface area (Å²) in [5.41, 5.74) is 0.569. The van der Waals surface area contributed by atoms with Crippen LogP contribution >= 0.6 is 0 Å². The first-order valence-corrected chi connectivity index (χ1v) is 8.53. The number of aromatic nitrogens is 1. The number of halogens is 4. The van der Waals surface area contributed by atoms with Crippen LogP contribution in [0.5, 0.6) is 0 Å². The SMILES string of the molecule is O=C(c1ccccc1C(F)(F)F)N1CCc2c(noc2-c2ccc(F)cc2)C1. The van der Waals surface area contributed by atoms with Crippen LogP contribution in [0.3, 0.4) is 0 Å². The van der Waals surface area contributed by atoms with Crippen molar-refractivity contribution in [2.45, 2.75) is 19.1 Å². The Kier molecular flexibility index (Phi) is 4.41. The summed E-state index contributed by atoms with van der Waals surface area (Å²) in [6, 6.07) is 10.5. The number of alkyl halides is 3. The zero-order chi connectivity index (χ0) is 19.9. The molecule has 4 rings (SSSR count). The van der Waals surface area contributed by atoms with Gasteiger partial charge in [0.2, 0.25) is 0 Å². The minimum absolute atomic E-state index is 0.0467. The summed E-state index contributed by atoms with van der Waals surface area (Å²) in [7, 11) is 0. The molecule has 0 radical (unpaired) electrons. The van der Waals surface area contributed by atoms with Gasteiger partial charge in [0.1, 0.15) is 11.5 Å². The molecule has 3 aromatic rings. The second-order valence-corrected chi connectivity index (χ2v) is 6.46. The Morgan fingerprint density at radius 3 is 2.50 bits per heavy atom. The van der Waals surface area contributed by atoms with Gasteiger partial charge in [-0.2, -0.15) is 13.2 Å². The van der Waals surface area contributed by atoms with E-state index in [4.69, 9.17) is 4.52 Å². The molecule has 0 aliphatic carbocycles. The predicted molar refractivity (Wildman–Crippen MR) is 91.8 cm³/mol. The lowest BCUT2D eigenvalue weighted by Gasteiger charge is -2.27. The van der Waals surface area contributed by atoms with Crippen LogP contribution in [0.15, 0.2) is 53.1 Å². The fourth-order valence-corrected chi connectivity index (χ4v) is 3.32. The largest absolute Gasteiger partial charge is 0.417 e. The Morgan fingerprint density at radius 1 is 1.07 bits per heavy atom. The number of fused-ring (bicyclic) bond motifs is 1. The summed E-state index contributed by atoms with van der Waals surface area (Å²) in [5.74, 6) is -0.597. The van der Waals surface area contributed by atoms with Crippen LogP contribution in [0.25, 0.3) is 11.3 Å². The lowest BCUT2D eigenvalue weighted by atomic mass is 9.99. The topological polar surface area (TPSA) is 46.3 Å². The molecule has 0 atom stereocenters. The maximum Gasteiger partial charge on any atom is 0.417 e. The summed E-state index contributed by atoms with van der Waals surface area (Å²) >= 11 is 0. The summed E-state index contributed by atoms with van der Waals surface area (Å²) in [5, 5.41) is 3.97. The lowest BCUT2D eigenvalue weighted by molar-refractivity contribution is -0.138. The van der Waals surface area contributed by atoms with Crippen LogP contribution in [0, 0.1) is 5.82 Å². The zero-order valence-electron chi connectivity index (χ0n) is 14.5. The van der Waals surface area contributed by atoms with E-state index in [0.717, 1.165) is 11.6 Å². The molecule has 0 fully saturated rings. The molecule has 2 aromatic carbocycles. The summed E-state index contributed by atoms with van der Waals surface area (Å²) in [6.45, 7) is 0.276. The second-order valence-electron chi connectivity index (χ2n) is 6.46. The lowest BCUT2D eigenvalue weighted by Crippen LogP contribution is -2.37. The number of hydrogen-bond donors (Lipinski definition) is 0. The van der Waals surface area contributed by atoms with E-state index < -0.39 is 17.6 Å². The molecule has 1 aliphatic heterocycles. The first-order chi connectivity index (χ1) is 13.3. The molecule has 1 amide bonds. The average Bonchev–Trinajstić information content (AvgIpc) is 3.10. The number of carbonyl (C=O) groups is 1. The van der Waals surface area contributed by atoms with E-state index in [-0.39, 0.29) is 24.5 Å². The van der Waals surface area contributed by atoms with Crippen molar-refractivity contribution in [3.63, 3.8) is 0 Å². The molecule has 0 N–H and O–H groups in total. The summed E-state index contributed by atoms with van der Waals surface area (Å²) in [4.78, 5) is 14.0. The van der Waals surface area contributed by atoms with Crippen molar-refractivity contribution < 1.29 is 26.9 Å². The van der Waals surface area contributed by atoms with Crippen LogP contribution < -0.4 is 0 Å². The fraction of sp³-hybridized carbons (Fsp3) is 0.200. The van der Waals surface area contributed by atoms with Crippen molar-refractivity contribution in [2.24, 2.45) is 0 Å². The highest BCUT2D eigenvalue weighted by Gasteiger charge is 2.37. The molecule has 2 heterocycles. The van der Waals surface area contributed by atoms with E-state index in [0.29, 0.717) is 23.4 Å². The fourth-order valence-electron chi connectivity index (χ4n) is 3.32. The summed E-state index contributed by atoms with van der Waals surface area (Å²) < 4.78 is 58.1. The number of carbonyl (C=O) groups excluding carboxylic acids is 1. The van der Waals surface area contributed by atoms with Gasteiger partial charge in [-0.05, 0) is 42.8 Å². The van der Waals surface area contributed by atoms with Crippen LogP contribution in [0.2, 0.25) is 0 Å². The van der Waals surface area contributed by atoms with Crippen LogP contribution in [-0.4, -0.2) is 22.5 Å². The third-order valence-electron chi connectivity index (χ3n) is 4.70. The standard InChI is InChI=1S/C20H14F4N2O2/c21-13-7-5-12(6-8-13)18-15-9-10-26(11-17(15)25-28-18)19(27)14-3-1-2-4-16(14)20(22,23)24/h1-8H,9-11H2. The highest BCUT2D eigenvalue weighted by atomic mass is 19.4. The maximum absolute atomic E-state index is 13.2. The quantitative estimate of drug-likeness (QED) is 0.596. The molecule has 28 heavy (non-hydrogen) atoms. The van der Waals surface area contributed by atoms with Gasteiger partial charge in [0.05, 0.1) is 17.7 Å². The van der Waals surface area contributed by atoms with Gasteiger partial charge >= 0.3 is 6.18 Å². The Hall–Kier alpha value is -3.16. The highest BCUT2D eigenvalue weighted by molar-refractivity contribution is 5.96. The van der Waals surface area contributed by atoms with Crippen molar-refractivity contribution in [2.75, 3.05) is 6.54 Å². The normalized spacial score (nSPS) is 14.1. The van der Waals surface area contributed by atoms with E-state index in [2.05, 4.69) is 5.16 Å². The van der Waals surface area contributed by atoms with Crippen LogP contribution in [-0.2, 0) is 19.1 Å². The monoisotopic (exact) mass is 390 g/mol. The van der Waals surface area contributed by atoms with Gasteiger partial charge in [-0.1, -0.05) is 17.3 Å². The van der Waals surface area contributed by atoms with Gasteiger partial charge in [0.25, 0.3) is 5.91 Å². The van der Waals surface area contributed by atoms with Gasteiger partial charge in [-0.3, -0.25) is 4.79 Å². The number of rotatable bonds is 2. The minimum Gasteiger partial charge on any atom is -0.356 e. The highest BCUT2D eigenvalue weighted by Crippen LogP contribution is 2.34. The molecule has 8 heteroatoms. The Bertz CT molecular complexity index is 1030. The van der Waals surface area contributed by atoms with Gasteiger partial charge in [-0.15, -0.1) is 0 Å². The van der Waals surface area contributed by atoms with Crippen LogP contribution in [0.4, 0.5) is 17.6 Å². The zero-order valence-corrected chi connectivity index (χ0v) is 14.5. The molecule has 1 aromatic heterocycles. The molecule has 144 valence electrons. The van der Waals surface area contributed by atoms with E-state index in [1.165, 1.54) is 35.2 Å². The number of nitrogens with zero attached hydrogens (tertiary/aromatic N) is 2. The van der Waals surface area contributed by atoms with Crippen molar-refractivity contribution in [1.82, 2.24) is 10.1 Å². The van der Waals surface area contributed by atoms with Crippen molar-refractivity contribution >= 4 is 5.91 Å². The van der Waals surface area contributed by atoms with E-state index >= 15 is 0 Å². The molecule has 4 nitrogen and oxygen atoms in total. The number of amides is 1. The molecular formula is C20H14F4N2O2. The Labute approximate surface area is 157 Å².